The predicted octanol–water partition coefficient (Wildman–Crippen LogP) is 2.30. The lowest BCUT2D eigenvalue weighted by atomic mass is 9.97. The minimum absolute atomic E-state index is 0.735. The van der Waals surface area contributed by atoms with Gasteiger partial charge in [-0.1, -0.05) is 19.1 Å². The first-order chi connectivity index (χ1) is 9.31. The molecule has 0 aliphatic carbocycles. The Labute approximate surface area is 116 Å². The molecule has 0 amide bonds. The minimum Gasteiger partial charge on any atom is -0.492 e. The second kappa shape index (κ2) is 7.51. The van der Waals surface area contributed by atoms with Crippen molar-refractivity contribution in [2.24, 2.45) is 11.7 Å². The first-order valence-corrected chi connectivity index (χ1v) is 7.46. The molecule has 3 heteroatoms. The lowest BCUT2D eigenvalue weighted by Gasteiger charge is -2.31. The Kier molecular flexibility index (Phi) is 5.67. The van der Waals surface area contributed by atoms with Gasteiger partial charge in [-0.05, 0) is 62.5 Å². The first-order valence-electron chi connectivity index (χ1n) is 7.46. The average Bonchev–Trinajstić information content (AvgIpc) is 2.48. The van der Waals surface area contributed by atoms with E-state index >= 15 is 0 Å². The number of nitrogens with two attached hydrogens (primary N) is 1. The van der Waals surface area contributed by atoms with Gasteiger partial charge in [0, 0.05) is 6.54 Å². The Hall–Kier alpha value is -1.06. The van der Waals surface area contributed by atoms with Crippen LogP contribution in [-0.4, -0.2) is 37.7 Å². The van der Waals surface area contributed by atoms with Crippen molar-refractivity contribution < 1.29 is 4.74 Å². The number of rotatable bonds is 6. The van der Waals surface area contributed by atoms with Crippen molar-refractivity contribution in [2.75, 3.05) is 32.8 Å². The van der Waals surface area contributed by atoms with Crippen LogP contribution in [0.2, 0.25) is 0 Å². The third kappa shape index (κ3) is 4.51. The van der Waals surface area contributed by atoms with Gasteiger partial charge in [0.2, 0.25) is 0 Å². The highest BCUT2D eigenvalue weighted by molar-refractivity contribution is 5.28. The average molecular weight is 262 g/mol. The number of ether oxygens (including phenoxy) is 1. The van der Waals surface area contributed by atoms with Crippen LogP contribution in [0.25, 0.3) is 0 Å². The molecule has 0 unspecified atom stereocenters. The van der Waals surface area contributed by atoms with Crippen LogP contribution in [0.4, 0.5) is 0 Å². The maximum absolute atomic E-state index is 5.84. The zero-order valence-corrected chi connectivity index (χ0v) is 12.0. The summed E-state index contributed by atoms with van der Waals surface area (Å²) in [6, 6.07) is 8.39. The molecule has 1 aliphatic heterocycles. The molecule has 2 rings (SSSR count). The molecule has 0 bridgehead atoms. The van der Waals surface area contributed by atoms with Crippen LogP contribution in [0.5, 0.6) is 5.75 Å². The molecule has 1 saturated heterocycles. The Morgan fingerprint density at radius 1 is 1.32 bits per heavy atom. The molecule has 0 spiro atoms. The summed E-state index contributed by atoms with van der Waals surface area (Å²) in [4.78, 5) is 2.48. The summed E-state index contributed by atoms with van der Waals surface area (Å²) < 4.78 is 5.84. The number of aryl methyl sites for hydroxylation is 1. The molecule has 0 atom stereocenters. The molecule has 0 saturated carbocycles. The zero-order valence-electron chi connectivity index (χ0n) is 12.0. The predicted molar refractivity (Wildman–Crippen MR) is 79.5 cm³/mol. The molecule has 0 aromatic heterocycles. The van der Waals surface area contributed by atoms with Gasteiger partial charge in [0.1, 0.15) is 12.4 Å². The number of nitrogens with zero attached hydrogens (tertiary/aromatic N) is 1. The van der Waals surface area contributed by atoms with E-state index in [4.69, 9.17) is 10.5 Å². The van der Waals surface area contributed by atoms with E-state index in [-0.39, 0.29) is 0 Å². The molecular weight excluding hydrogens is 236 g/mol. The van der Waals surface area contributed by atoms with Crippen LogP contribution in [0.3, 0.4) is 0 Å². The van der Waals surface area contributed by atoms with Crippen LogP contribution < -0.4 is 10.5 Å². The third-order valence-corrected chi connectivity index (χ3v) is 4.02. The van der Waals surface area contributed by atoms with Crippen molar-refractivity contribution in [2.45, 2.75) is 26.2 Å². The molecular formula is C16H26N2O. The normalized spacial score (nSPS) is 17.6. The molecule has 0 radical (unpaired) electrons. The van der Waals surface area contributed by atoms with Crippen LogP contribution in [0.15, 0.2) is 24.3 Å². The van der Waals surface area contributed by atoms with Crippen molar-refractivity contribution in [3.8, 4) is 5.75 Å². The number of hydrogen-bond acceptors (Lipinski definition) is 3. The molecule has 1 aliphatic rings. The van der Waals surface area contributed by atoms with E-state index < -0.39 is 0 Å². The smallest absolute Gasteiger partial charge is 0.119 e. The van der Waals surface area contributed by atoms with Crippen molar-refractivity contribution in [3.63, 3.8) is 0 Å². The fraction of sp³-hybridized carbons (Fsp3) is 0.625. The van der Waals surface area contributed by atoms with Crippen molar-refractivity contribution in [1.82, 2.24) is 4.90 Å². The van der Waals surface area contributed by atoms with Gasteiger partial charge >= 0.3 is 0 Å². The van der Waals surface area contributed by atoms with E-state index in [0.717, 1.165) is 37.8 Å². The Balaban J connectivity index is 1.69. The van der Waals surface area contributed by atoms with Crippen LogP contribution in [0, 0.1) is 5.92 Å². The molecule has 1 aromatic carbocycles. The second-order valence-corrected chi connectivity index (χ2v) is 5.37. The highest BCUT2D eigenvalue weighted by Gasteiger charge is 2.17. The van der Waals surface area contributed by atoms with Gasteiger partial charge < -0.3 is 10.5 Å². The first kappa shape index (κ1) is 14.4. The fourth-order valence-corrected chi connectivity index (χ4v) is 2.59. The van der Waals surface area contributed by atoms with Gasteiger partial charge in [-0.2, -0.15) is 0 Å². The Morgan fingerprint density at radius 3 is 2.79 bits per heavy atom. The maximum Gasteiger partial charge on any atom is 0.119 e. The lowest BCUT2D eigenvalue weighted by molar-refractivity contribution is 0.157. The van der Waals surface area contributed by atoms with Gasteiger partial charge in [-0.25, -0.2) is 0 Å². The SMILES string of the molecule is CCc1cccc(OCCN2CCC(CN)CC2)c1. The van der Waals surface area contributed by atoms with Crippen LogP contribution in [0.1, 0.15) is 25.3 Å². The summed E-state index contributed by atoms with van der Waals surface area (Å²) in [5.74, 6) is 1.73. The highest BCUT2D eigenvalue weighted by Crippen LogP contribution is 2.16. The number of likely N-dealkylation sites (tertiary alicyclic amines) is 1. The monoisotopic (exact) mass is 262 g/mol. The Morgan fingerprint density at radius 2 is 2.11 bits per heavy atom. The maximum atomic E-state index is 5.84. The van der Waals surface area contributed by atoms with Gasteiger partial charge in [0.25, 0.3) is 0 Å². The van der Waals surface area contributed by atoms with Crippen molar-refractivity contribution in [1.29, 1.82) is 0 Å². The second-order valence-electron chi connectivity index (χ2n) is 5.37. The molecule has 2 N–H and O–H groups in total. The number of benzene rings is 1. The van der Waals surface area contributed by atoms with E-state index in [1.165, 1.54) is 31.5 Å². The summed E-state index contributed by atoms with van der Waals surface area (Å²) in [6.45, 7) is 7.14. The van der Waals surface area contributed by atoms with Gasteiger partial charge in [0.15, 0.2) is 0 Å². The minimum atomic E-state index is 0.735. The van der Waals surface area contributed by atoms with E-state index in [0.29, 0.717) is 0 Å². The Bertz CT molecular complexity index is 373. The highest BCUT2D eigenvalue weighted by atomic mass is 16.5. The van der Waals surface area contributed by atoms with Crippen LogP contribution in [-0.2, 0) is 6.42 Å². The molecule has 1 aromatic rings. The third-order valence-electron chi connectivity index (χ3n) is 4.02. The molecule has 1 fully saturated rings. The van der Waals surface area contributed by atoms with Gasteiger partial charge in [0.05, 0.1) is 0 Å². The zero-order chi connectivity index (χ0) is 13.5. The number of hydrogen-bond donors (Lipinski definition) is 1. The van der Waals surface area contributed by atoms with Gasteiger partial charge in [-0.3, -0.25) is 4.90 Å². The summed E-state index contributed by atoms with van der Waals surface area (Å²) in [6.07, 6.45) is 3.54. The molecule has 19 heavy (non-hydrogen) atoms. The number of piperidine rings is 1. The van der Waals surface area contributed by atoms with E-state index in [9.17, 15) is 0 Å². The van der Waals surface area contributed by atoms with Gasteiger partial charge in [-0.15, -0.1) is 0 Å². The summed E-state index contributed by atoms with van der Waals surface area (Å²) >= 11 is 0. The summed E-state index contributed by atoms with van der Waals surface area (Å²) in [5, 5.41) is 0. The summed E-state index contributed by atoms with van der Waals surface area (Å²) in [5.41, 5.74) is 7.04. The fourth-order valence-electron chi connectivity index (χ4n) is 2.59. The molecule has 3 nitrogen and oxygen atoms in total. The van der Waals surface area contributed by atoms with Crippen molar-refractivity contribution >= 4 is 0 Å². The summed E-state index contributed by atoms with van der Waals surface area (Å²) in [7, 11) is 0. The molecule has 1 heterocycles. The standard InChI is InChI=1S/C16H26N2O/c1-2-14-4-3-5-16(12-14)19-11-10-18-8-6-15(13-17)7-9-18/h3-5,12,15H,2,6-11,13,17H2,1H3. The largest absolute Gasteiger partial charge is 0.492 e. The quantitative estimate of drug-likeness (QED) is 0.855. The van der Waals surface area contributed by atoms with Crippen LogP contribution >= 0.6 is 0 Å². The van der Waals surface area contributed by atoms with Crippen molar-refractivity contribution in [3.05, 3.63) is 29.8 Å². The lowest BCUT2D eigenvalue weighted by Crippen LogP contribution is -2.38. The van der Waals surface area contributed by atoms with E-state index in [2.05, 4.69) is 30.0 Å². The topological polar surface area (TPSA) is 38.5 Å². The van der Waals surface area contributed by atoms with E-state index in [1.54, 1.807) is 0 Å². The molecule has 106 valence electrons. The van der Waals surface area contributed by atoms with E-state index in [1.807, 2.05) is 6.07 Å².